The molecule has 3 unspecified atom stereocenters. The minimum Gasteiger partial charge on any atom is -0.378 e. The van der Waals surface area contributed by atoms with Crippen molar-refractivity contribution in [3.05, 3.63) is 99.0 Å². The van der Waals surface area contributed by atoms with Gasteiger partial charge >= 0.3 is 0 Å². The second-order valence-electron chi connectivity index (χ2n) is 8.77. The Morgan fingerprint density at radius 1 is 0.970 bits per heavy atom. The van der Waals surface area contributed by atoms with E-state index in [1.165, 1.54) is 0 Å². The Hall–Kier alpha value is -2.47. The Labute approximate surface area is 204 Å². The van der Waals surface area contributed by atoms with Gasteiger partial charge in [-0.25, -0.2) is 8.42 Å². The van der Waals surface area contributed by atoms with Crippen LogP contribution in [-0.2, 0) is 10.0 Å². The summed E-state index contributed by atoms with van der Waals surface area (Å²) in [5, 5.41) is 4.69. The molecule has 2 N–H and O–H groups in total. The zero-order valence-corrected chi connectivity index (χ0v) is 20.6. The fourth-order valence-electron chi connectivity index (χ4n) is 4.83. The summed E-state index contributed by atoms with van der Waals surface area (Å²) in [5.74, 6) is 0.317. The quantitative estimate of drug-likeness (QED) is 0.372. The lowest BCUT2D eigenvalue weighted by molar-refractivity contribution is 0.425. The minimum atomic E-state index is -3.72. The summed E-state index contributed by atoms with van der Waals surface area (Å²) in [5.41, 5.74) is 5.56. The topological polar surface area (TPSA) is 58.2 Å². The van der Waals surface area contributed by atoms with E-state index in [0.29, 0.717) is 15.7 Å². The van der Waals surface area contributed by atoms with Crippen LogP contribution in [0.2, 0.25) is 10.0 Å². The van der Waals surface area contributed by atoms with E-state index in [-0.39, 0.29) is 22.8 Å². The number of nitrogens with one attached hydrogen (secondary N) is 2. The van der Waals surface area contributed by atoms with E-state index in [0.717, 1.165) is 34.4 Å². The van der Waals surface area contributed by atoms with Crippen LogP contribution in [0.15, 0.2) is 71.6 Å². The Morgan fingerprint density at radius 3 is 2.58 bits per heavy atom. The Morgan fingerprint density at radius 2 is 1.79 bits per heavy atom. The maximum atomic E-state index is 13.2. The minimum absolute atomic E-state index is 0.0141. The van der Waals surface area contributed by atoms with Gasteiger partial charge in [0.1, 0.15) is 0 Å². The predicted octanol–water partition coefficient (Wildman–Crippen LogP) is 7.24. The molecule has 3 atom stereocenters. The lowest BCUT2D eigenvalue weighted by Crippen LogP contribution is -2.29. The average Bonchev–Trinajstić information content (AvgIpc) is 3.28. The highest BCUT2D eigenvalue weighted by atomic mass is 35.5. The van der Waals surface area contributed by atoms with Gasteiger partial charge in [-0.05, 0) is 84.8 Å². The van der Waals surface area contributed by atoms with Gasteiger partial charge in [0.25, 0.3) is 10.0 Å². The summed E-state index contributed by atoms with van der Waals surface area (Å²) in [4.78, 5) is 0.250. The van der Waals surface area contributed by atoms with E-state index >= 15 is 0 Å². The molecule has 0 radical (unpaired) electrons. The normalized spacial score (nSPS) is 21.3. The van der Waals surface area contributed by atoms with Crippen LogP contribution in [0.5, 0.6) is 0 Å². The number of allylic oxidation sites excluding steroid dienone is 2. The molecule has 0 amide bonds. The fourth-order valence-corrected chi connectivity index (χ4v) is 6.34. The molecule has 0 bridgehead atoms. The second kappa shape index (κ2) is 8.39. The van der Waals surface area contributed by atoms with E-state index in [1.807, 2.05) is 44.2 Å². The van der Waals surface area contributed by atoms with Gasteiger partial charge in [0.05, 0.1) is 21.0 Å². The molecule has 1 heterocycles. The number of hydrogen-bond donors (Lipinski definition) is 2. The second-order valence-corrected chi connectivity index (χ2v) is 11.2. The number of rotatable bonds is 4. The Balaban J connectivity index is 1.50. The van der Waals surface area contributed by atoms with Gasteiger partial charge in [-0.2, -0.15) is 0 Å². The number of sulfonamides is 1. The van der Waals surface area contributed by atoms with Crippen LogP contribution in [0.25, 0.3) is 0 Å². The molecule has 7 heteroatoms. The van der Waals surface area contributed by atoms with E-state index in [2.05, 4.69) is 22.2 Å². The Kier molecular flexibility index (Phi) is 5.68. The molecule has 0 saturated heterocycles. The molecule has 2 aliphatic rings. The van der Waals surface area contributed by atoms with Gasteiger partial charge in [0, 0.05) is 17.3 Å². The van der Waals surface area contributed by atoms with Gasteiger partial charge < -0.3 is 5.32 Å². The Bertz CT molecular complexity index is 1390. The van der Waals surface area contributed by atoms with Crippen LogP contribution in [-0.4, -0.2) is 8.42 Å². The SMILES string of the molecule is Cc1ccc(NS(=O)(=O)c2ccc3c(c2)C2C=CCC2C(c2cccc(Cl)c2Cl)N3)cc1C. The van der Waals surface area contributed by atoms with E-state index < -0.39 is 10.0 Å². The third-order valence-corrected chi connectivity index (χ3v) is 8.93. The van der Waals surface area contributed by atoms with E-state index in [1.54, 1.807) is 24.3 Å². The van der Waals surface area contributed by atoms with Crippen molar-refractivity contribution in [2.24, 2.45) is 5.92 Å². The molecule has 0 fully saturated rings. The lowest BCUT2D eigenvalue weighted by Gasteiger charge is -2.38. The molecule has 33 heavy (non-hydrogen) atoms. The molecule has 3 aromatic carbocycles. The molecule has 3 aromatic rings. The van der Waals surface area contributed by atoms with Crippen LogP contribution in [0, 0.1) is 19.8 Å². The van der Waals surface area contributed by atoms with Crippen molar-refractivity contribution in [2.75, 3.05) is 10.0 Å². The first kappa shape index (κ1) is 22.3. The van der Waals surface area contributed by atoms with Crippen LogP contribution in [0.1, 0.15) is 40.6 Å². The summed E-state index contributed by atoms with van der Waals surface area (Å²) in [6.45, 7) is 3.96. The van der Waals surface area contributed by atoms with Crippen molar-refractivity contribution in [3.8, 4) is 0 Å². The number of fused-ring (bicyclic) bond motifs is 3. The third-order valence-electron chi connectivity index (χ3n) is 6.72. The molecule has 0 spiro atoms. The third kappa shape index (κ3) is 4.03. The summed E-state index contributed by atoms with van der Waals surface area (Å²) < 4.78 is 29.0. The molecular formula is C26H24Cl2N2O2S. The fraction of sp³-hybridized carbons (Fsp3) is 0.231. The summed E-state index contributed by atoms with van der Waals surface area (Å²) in [6.07, 6.45) is 5.21. The first-order valence-corrected chi connectivity index (χ1v) is 13.1. The van der Waals surface area contributed by atoms with Gasteiger partial charge in [0.2, 0.25) is 0 Å². The van der Waals surface area contributed by atoms with Crippen molar-refractivity contribution in [3.63, 3.8) is 0 Å². The smallest absolute Gasteiger partial charge is 0.261 e. The molecule has 1 aliphatic heterocycles. The summed E-state index contributed by atoms with van der Waals surface area (Å²) in [6, 6.07) is 16.5. The highest BCUT2D eigenvalue weighted by molar-refractivity contribution is 7.92. The lowest BCUT2D eigenvalue weighted by atomic mass is 9.77. The largest absolute Gasteiger partial charge is 0.378 e. The summed E-state index contributed by atoms with van der Waals surface area (Å²) >= 11 is 12.8. The maximum Gasteiger partial charge on any atom is 0.261 e. The van der Waals surface area contributed by atoms with Crippen molar-refractivity contribution < 1.29 is 8.42 Å². The molecule has 4 nitrogen and oxygen atoms in total. The highest BCUT2D eigenvalue weighted by Crippen LogP contribution is 2.51. The average molecular weight is 499 g/mol. The van der Waals surface area contributed by atoms with Crippen molar-refractivity contribution >= 4 is 44.6 Å². The van der Waals surface area contributed by atoms with Crippen LogP contribution in [0.4, 0.5) is 11.4 Å². The van der Waals surface area contributed by atoms with Gasteiger partial charge in [-0.1, -0.05) is 53.6 Å². The number of aryl methyl sites for hydroxylation is 2. The van der Waals surface area contributed by atoms with Gasteiger partial charge in [-0.15, -0.1) is 0 Å². The number of hydrogen-bond acceptors (Lipinski definition) is 3. The first-order chi connectivity index (χ1) is 15.7. The monoisotopic (exact) mass is 498 g/mol. The van der Waals surface area contributed by atoms with Crippen molar-refractivity contribution in [2.45, 2.75) is 37.1 Å². The van der Waals surface area contributed by atoms with Crippen LogP contribution >= 0.6 is 23.2 Å². The number of benzene rings is 3. The van der Waals surface area contributed by atoms with Gasteiger partial charge in [-0.3, -0.25) is 4.72 Å². The van der Waals surface area contributed by atoms with Crippen LogP contribution in [0.3, 0.4) is 0 Å². The molecule has 0 saturated carbocycles. The molecule has 0 aromatic heterocycles. The van der Waals surface area contributed by atoms with Crippen molar-refractivity contribution in [1.29, 1.82) is 0 Å². The zero-order valence-electron chi connectivity index (χ0n) is 18.3. The number of anilines is 2. The van der Waals surface area contributed by atoms with E-state index in [9.17, 15) is 8.42 Å². The van der Waals surface area contributed by atoms with Crippen molar-refractivity contribution in [1.82, 2.24) is 0 Å². The molecule has 5 rings (SSSR count). The molecule has 1 aliphatic carbocycles. The van der Waals surface area contributed by atoms with Gasteiger partial charge in [0.15, 0.2) is 0 Å². The number of halogens is 2. The summed E-state index contributed by atoms with van der Waals surface area (Å²) in [7, 11) is -3.72. The highest BCUT2D eigenvalue weighted by Gasteiger charge is 2.39. The molecular weight excluding hydrogens is 475 g/mol. The van der Waals surface area contributed by atoms with Crippen LogP contribution < -0.4 is 10.0 Å². The van der Waals surface area contributed by atoms with E-state index in [4.69, 9.17) is 23.2 Å². The predicted molar refractivity (Wildman–Crippen MR) is 136 cm³/mol. The standard InChI is InChI=1S/C26H24Cl2N2O2S/c1-15-9-10-17(13-16(15)2)30-33(31,32)18-11-12-24-22(14-18)19-5-3-6-20(19)26(29-24)21-7-4-8-23(27)25(21)28/h3-5,7-14,19-20,26,29-30H,6H2,1-2H3. The molecule has 170 valence electrons. The first-order valence-electron chi connectivity index (χ1n) is 10.9. The zero-order chi connectivity index (χ0) is 23.3. The maximum absolute atomic E-state index is 13.2.